The summed E-state index contributed by atoms with van der Waals surface area (Å²) in [5.74, 6) is -0.133. The molecule has 0 saturated heterocycles. The molecule has 0 bridgehead atoms. The molecule has 0 heterocycles. The van der Waals surface area contributed by atoms with E-state index in [4.69, 9.17) is 16.7 Å². The van der Waals surface area contributed by atoms with Crippen LogP contribution in [-0.2, 0) is 21.2 Å². The predicted octanol–water partition coefficient (Wildman–Crippen LogP) is 2.87. The Kier molecular flexibility index (Phi) is 5.41. The van der Waals surface area contributed by atoms with Crippen molar-refractivity contribution in [1.29, 1.82) is 0 Å². The van der Waals surface area contributed by atoms with Gasteiger partial charge in [0.15, 0.2) is 0 Å². The smallest absolute Gasteiger partial charge is 0.238 e. The van der Waals surface area contributed by atoms with Gasteiger partial charge < -0.3 is 5.32 Å². The normalized spacial score (nSPS) is 11.3. The van der Waals surface area contributed by atoms with Gasteiger partial charge in [0.05, 0.1) is 4.90 Å². The standard InChI is InChI=1S/C16H17ClN2O3S/c1-11-14(17)3-2-4-15(11)19-16(20)10-7-12-5-8-13(9-6-12)23(18,21)22/h2-6,8-9H,7,10H2,1H3,(H,19,20)(H2,18,21,22). The maximum Gasteiger partial charge on any atom is 0.238 e. The van der Waals surface area contributed by atoms with E-state index in [2.05, 4.69) is 5.32 Å². The fourth-order valence-corrected chi connectivity index (χ4v) is 2.75. The van der Waals surface area contributed by atoms with Gasteiger partial charge in [0.25, 0.3) is 0 Å². The molecule has 0 aromatic heterocycles. The van der Waals surface area contributed by atoms with Crippen molar-refractivity contribution >= 4 is 33.2 Å². The summed E-state index contributed by atoms with van der Waals surface area (Å²) in [6.07, 6.45) is 0.775. The van der Waals surface area contributed by atoms with Gasteiger partial charge in [0.1, 0.15) is 0 Å². The minimum atomic E-state index is -3.69. The molecular formula is C16H17ClN2O3S. The van der Waals surface area contributed by atoms with Gasteiger partial charge in [-0.25, -0.2) is 13.6 Å². The third kappa shape index (κ3) is 4.79. The molecule has 2 aromatic rings. The van der Waals surface area contributed by atoms with Gasteiger partial charge in [-0.05, 0) is 48.7 Å². The van der Waals surface area contributed by atoms with E-state index in [0.29, 0.717) is 17.1 Å². The minimum Gasteiger partial charge on any atom is -0.326 e. The lowest BCUT2D eigenvalue weighted by Gasteiger charge is -2.09. The van der Waals surface area contributed by atoms with Crippen LogP contribution in [0, 0.1) is 6.92 Å². The van der Waals surface area contributed by atoms with Crippen LogP contribution in [0.1, 0.15) is 17.5 Å². The largest absolute Gasteiger partial charge is 0.326 e. The van der Waals surface area contributed by atoms with Crippen LogP contribution in [0.15, 0.2) is 47.4 Å². The topological polar surface area (TPSA) is 89.3 Å². The highest BCUT2D eigenvalue weighted by Gasteiger charge is 2.09. The van der Waals surface area contributed by atoms with E-state index in [-0.39, 0.29) is 17.2 Å². The molecule has 0 saturated carbocycles. The molecule has 7 heteroatoms. The van der Waals surface area contributed by atoms with Crippen molar-refractivity contribution in [3.05, 3.63) is 58.6 Å². The summed E-state index contributed by atoms with van der Waals surface area (Å²) in [5, 5.41) is 8.45. The van der Waals surface area contributed by atoms with Crippen LogP contribution in [0.5, 0.6) is 0 Å². The zero-order valence-corrected chi connectivity index (χ0v) is 14.1. The van der Waals surface area contributed by atoms with E-state index in [1.807, 2.05) is 6.92 Å². The highest BCUT2D eigenvalue weighted by Crippen LogP contribution is 2.23. The van der Waals surface area contributed by atoms with Crippen LogP contribution in [0.3, 0.4) is 0 Å². The number of sulfonamides is 1. The summed E-state index contributed by atoms with van der Waals surface area (Å²) in [7, 11) is -3.69. The number of amides is 1. The second-order valence-corrected chi connectivity index (χ2v) is 7.12. The first-order valence-corrected chi connectivity index (χ1v) is 8.86. The second kappa shape index (κ2) is 7.12. The zero-order valence-electron chi connectivity index (χ0n) is 12.5. The Morgan fingerprint density at radius 3 is 2.43 bits per heavy atom. The third-order valence-corrected chi connectivity index (χ3v) is 4.77. The van der Waals surface area contributed by atoms with Crippen molar-refractivity contribution < 1.29 is 13.2 Å². The lowest BCUT2D eigenvalue weighted by atomic mass is 10.1. The van der Waals surface area contributed by atoms with E-state index in [0.717, 1.165) is 11.1 Å². The minimum absolute atomic E-state index is 0.0558. The Bertz CT molecular complexity index is 818. The molecule has 3 N–H and O–H groups in total. The first-order chi connectivity index (χ1) is 10.8. The highest BCUT2D eigenvalue weighted by molar-refractivity contribution is 7.89. The number of aryl methyl sites for hydroxylation is 1. The van der Waals surface area contributed by atoms with Crippen LogP contribution in [0.25, 0.3) is 0 Å². The van der Waals surface area contributed by atoms with Gasteiger partial charge in [-0.1, -0.05) is 29.8 Å². The molecule has 0 fully saturated rings. The van der Waals surface area contributed by atoms with Gasteiger partial charge in [-0.15, -0.1) is 0 Å². The van der Waals surface area contributed by atoms with Crippen LogP contribution in [0.4, 0.5) is 5.69 Å². The molecule has 0 aliphatic heterocycles. The van der Waals surface area contributed by atoms with Gasteiger partial charge in [-0.3, -0.25) is 4.79 Å². The van der Waals surface area contributed by atoms with Crippen LogP contribution in [-0.4, -0.2) is 14.3 Å². The average Bonchev–Trinajstić information content (AvgIpc) is 2.49. The molecule has 0 radical (unpaired) electrons. The number of hydrogen-bond acceptors (Lipinski definition) is 3. The van der Waals surface area contributed by atoms with Crippen molar-refractivity contribution in [3.8, 4) is 0 Å². The lowest BCUT2D eigenvalue weighted by Crippen LogP contribution is -2.14. The van der Waals surface area contributed by atoms with E-state index >= 15 is 0 Å². The highest BCUT2D eigenvalue weighted by atomic mass is 35.5. The van der Waals surface area contributed by atoms with Crippen molar-refractivity contribution in [2.45, 2.75) is 24.7 Å². The Morgan fingerprint density at radius 2 is 1.83 bits per heavy atom. The fourth-order valence-electron chi connectivity index (χ4n) is 2.06. The maximum absolute atomic E-state index is 12.0. The number of nitrogens with one attached hydrogen (secondary N) is 1. The van der Waals surface area contributed by atoms with Crippen LogP contribution < -0.4 is 10.5 Å². The number of nitrogens with two attached hydrogens (primary N) is 1. The number of hydrogen-bond donors (Lipinski definition) is 2. The zero-order chi connectivity index (χ0) is 17.0. The molecule has 23 heavy (non-hydrogen) atoms. The molecule has 0 atom stereocenters. The quantitative estimate of drug-likeness (QED) is 0.867. The van der Waals surface area contributed by atoms with E-state index in [9.17, 15) is 13.2 Å². The second-order valence-electron chi connectivity index (χ2n) is 5.15. The Hall–Kier alpha value is -1.89. The van der Waals surface area contributed by atoms with Crippen molar-refractivity contribution in [1.82, 2.24) is 0 Å². The van der Waals surface area contributed by atoms with Crippen molar-refractivity contribution in [2.75, 3.05) is 5.32 Å². The third-order valence-electron chi connectivity index (χ3n) is 3.43. The maximum atomic E-state index is 12.0. The van der Waals surface area contributed by atoms with E-state index in [1.165, 1.54) is 12.1 Å². The van der Waals surface area contributed by atoms with E-state index in [1.54, 1.807) is 30.3 Å². The number of carbonyl (C=O) groups is 1. The molecule has 1 amide bonds. The van der Waals surface area contributed by atoms with Crippen LogP contribution >= 0.6 is 11.6 Å². The molecule has 2 aromatic carbocycles. The van der Waals surface area contributed by atoms with Crippen molar-refractivity contribution in [2.24, 2.45) is 5.14 Å². The van der Waals surface area contributed by atoms with Crippen molar-refractivity contribution in [3.63, 3.8) is 0 Å². The Morgan fingerprint density at radius 1 is 1.17 bits per heavy atom. The molecule has 5 nitrogen and oxygen atoms in total. The van der Waals surface area contributed by atoms with Gasteiger partial charge >= 0.3 is 0 Å². The Labute approximate surface area is 140 Å². The summed E-state index contributed by atoms with van der Waals surface area (Å²) in [6.45, 7) is 1.84. The number of anilines is 1. The predicted molar refractivity (Wildman–Crippen MR) is 91.0 cm³/mol. The molecule has 0 aliphatic carbocycles. The van der Waals surface area contributed by atoms with E-state index < -0.39 is 10.0 Å². The number of benzene rings is 2. The molecule has 0 spiro atoms. The van der Waals surface area contributed by atoms with Gasteiger partial charge in [-0.2, -0.15) is 0 Å². The fraction of sp³-hybridized carbons (Fsp3) is 0.188. The average molecular weight is 353 g/mol. The number of rotatable bonds is 5. The number of primary sulfonamides is 1. The monoisotopic (exact) mass is 352 g/mol. The number of halogens is 1. The lowest BCUT2D eigenvalue weighted by molar-refractivity contribution is -0.116. The molecular weight excluding hydrogens is 336 g/mol. The molecule has 0 unspecified atom stereocenters. The first kappa shape index (κ1) is 17.5. The molecule has 0 aliphatic rings. The van der Waals surface area contributed by atoms with Gasteiger partial charge in [0.2, 0.25) is 15.9 Å². The number of carbonyl (C=O) groups excluding carboxylic acids is 1. The summed E-state index contributed by atoms with van der Waals surface area (Å²) >= 11 is 6.01. The van der Waals surface area contributed by atoms with Gasteiger partial charge in [0, 0.05) is 17.1 Å². The molecule has 122 valence electrons. The SMILES string of the molecule is Cc1c(Cl)cccc1NC(=O)CCc1ccc(S(N)(=O)=O)cc1. The molecule has 2 rings (SSSR count). The summed E-state index contributed by atoms with van der Waals surface area (Å²) < 4.78 is 22.4. The summed E-state index contributed by atoms with van der Waals surface area (Å²) in [6, 6.07) is 11.5. The first-order valence-electron chi connectivity index (χ1n) is 6.94. The summed E-state index contributed by atoms with van der Waals surface area (Å²) in [5.41, 5.74) is 2.36. The summed E-state index contributed by atoms with van der Waals surface area (Å²) in [4.78, 5) is 12.1. The Balaban J connectivity index is 1.95. The van der Waals surface area contributed by atoms with Crippen LogP contribution in [0.2, 0.25) is 5.02 Å².